The number of benzene rings is 2. The molecule has 2 rings (SSSR count). The molecule has 0 saturated heterocycles. The molecule has 0 aromatic heterocycles. The summed E-state index contributed by atoms with van der Waals surface area (Å²) in [6.07, 6.45) is 0. The van der Waals surface area contributed by atoms with Gasteiger partial charge in [0.2, 0.25) is 0 Å². The number of aryl methyl sites for hydroxylation is 2. The molecule has 0 aliphatic heterocycles. The normalized spacial score (nSPS) is 10.2. The summed E-state index contributed by atoms with van der Waals surface area (Å²) in [6, 6.07) is 14.1. The van der Waals surface area contributed by atoms with Crippen LogP contribution in [0.3, 0.4) is 0 Å². The van der Waals surface area contributed by atoms with Crippen molar-refractivity contribution in [1.29, 1.82) is 0 Å². The molecule has 0 spiro atoms. The summed E-state index contributed by atoms with van der Waals surface area (Å²) in [7, 11) is 0. The van der Waals surface area contributed by atoms with Crippen LogP contribution in [0.2, 0.25) is 0 Å². The number of carbonyl (C=O) groups is 1. The second-order valence-corrected chi connectivity index (χ2v) is 5.25. The predicted molar refractivity (Wildman–Crippen MR) is 87.7 cm³/mol. The standard InChI is InChI=1S/C18H22N2O/c1-4-19-17-10-7-14(3)11-16(17)18(21)20-12-15-8-5-13(2)6-9-15/h5-11,19H,4,12H2,1-3H3,(H,20,21). The van der Waals surface area contributed by atoms with Gasteiger partial charge in [-0.05, 0) is 38.5 Å². The minimum absolute atomic E-state index is 0.0461. The predicted octanol–water partition coefficient (Wildman–Crippen LogP) is 3.67. The second kappa shape index (κ2) is 6.93. The number of hydrogen-bond donors (Lipinski definition) is 2. The van der Waals surface area contributed by atoms with E-state index >= 15 is 0 Å². The van der Waals surface area contributed by atoms with Crippen molar-refractivity contribution < 1.29 is 4.79 Å². The average Bonchev–Trinajstić information content (AvgIpc) is 2.48. The van der Waals surface area contributed by atoms with Crippen LogP contribution in [-0.4, -0.2) is 12.5 Å². The summed E-state index contributed by atoms with van der Waals surface area (Å²) < 4.78 is 0. The summed E-state index contributed by atoms with van der Waals surface area (Å²) in [6.45, 7) is 7.40. The van der Waals surface area contributed by atoms with Crippen LogP contribution in [-0.2, 0) is 6.54 Å². The van der Waals surface area contributed by atoms with Crippen LogP contribution < -0.4 is 10.6 Å². The highest BCUT2D eigenvalue weighted by atomic mass is 16.1. The molecule has 3 heteroatoms. The molecule has 21 heavy (non-hydrogen) atoms. The lowest BCUT2D eigenvalue weighted by Gasteiger charge is -2.12. The summed E-state index contributed by atoms with van der Waals surface area (Å²) in [5, 5.41) is 6.21. The fourth-order valence-electron chi connectivity index (χ4n) is 2.17. The molecule has 2 aromatic rings. The van der Waals surface area contributed by atoms with Gasteiger partial charge in [-0.25, -0.2) is 0 Å². The first-order valence-electron chi connectivity index (χ1n) is 7.28. The topological polar surface area (TPSA) is 41.1 Å². The molecule has 0 unspecified atom stereocenters. The lowest BCUT2D eigenvalue weighted by atomic mass is 10.1. The van der Waals surface area contributed by atoms with Crippen LogP contribution in [0.25, 0.3) is 0 Å². The van der Waals surface area contributed by atoms with Gasteiger partial charge in [0.25, 0.3) is 5.91 Å². The van der Waals surface area contributed by atoms with Gasteiger partial charge in [0, 0.05) is 18.8 Å². The Morgan fingerprint density at radius 2 is 1.67 bits per heavy atom. The molecule has 0 aliphatic rings. The summed E-state index contributed by atoms with van der Waals surface area (Å²) in [5.74, 6) is -0.0461. The monoisotopic (exact) mass is 282 g/mol. The molecule has 0 aliphatic carbocycles. The minimum Gasteiger partial charge on any atom is -0.385 e. The third-order valence-electron chi connectivity index (χ3n) is 3.36. The van der Waals surface area contributed by atoms with Gasteiger partial charge in [0.1, 0.15) is 0 Å². The van der Waals surface area contributed by atoms with Crippen molar-refractivity contribution >= 4 is 11.6 Å². The highest BCUT2D eigenvalue weighted by Gasteiger charge is 2.11. The molecule has 0 fully saturated rings. The molecule has 2 aromatic carbocycles. The van der Waals surface area contributed by atoms with Crippen LogP contribution >= 0.6 is 0 Å². The third kappa shape index (κ3) is 4.09. The second-order valence-electron chi connectivity index (χ2n) is 5.25. The molecule has 0 bridgehead atoms. The Hall–Kier alpha value is -2.29. The lowest BCUT2D eigenvalue weighted by molar-refractivity contribution is 0.0951. The average molecular weight is 282 g/mol. The van der Waals surface area contributed by atoms with Gasteiger partial charge in [-0.2, -0.15) is 0 Å². The number of rotatable bonds is 5. The van der Waals surface area contributed by atoms with Crippen molar-refractivity contribution in [2.75, 3.05) is 11.9 Å². The maximum absolute atomic E-state index is 12.4. The molecule has 0 heterocycles. The Morgan fingerprint density at radius 3 is 2.33 bits per heavy atom. The summed E-state index contributed by atoms with van der Waals surface area (Å²) >= 11 is 0. The van der Waals surface area contributed by atoms with Gasteiger partial charge < -0.3 is 10.6 Å². The Balaban J connectivity index is 2.09. The number of hydrogen-bond acceptors (Lipinski definition) is 2. The molecule has 110 valence electrons. The third-order valence-corrected chi connectivity index (χ3v) is 3.36. The zero-order chi connectivity index (χ0) is 15.2. The minimum atomic E-state index is -0.0461. The van der Waals surface area contributed by atoms with Gasteiger partial charge >= 0.3 is 0 Å². The van der Waals surface area contributed by atoms with Gasteiger partial charge in [0.05, 0.1) is 5.56 Å². The van der Waals surface area contributed by atoms with Gasteiger partial charge in [-0.3, -0.25) is 4.79 Å². The molecule has 2 N–H and O–H groups in total. The first-order valence-corrected chi connectivity index (χ1v) is 7.28. The first-order chi connectivity index (χ1) is 10.1. The molecule has 0 atom stereocenters. The van der Waals surface area contributed by atoms with E-state index in [1.54, 1.807) is 0 Å². The highest BCUT2D eigenvalue weighted by Crippen LogP contribution is 2.17. The summed E-state index contributed by atoms with van der Waals surface area (Å²) in [5.41, 5.74) is 4.98. The number of amides is 1. The Kier molecular flexibility index (Phi) is 4.99. The SMILES string of the molecule is CCNc1ccc(C)cc1C(=O)NCc1ccc(C)cc1. The molecule has 0 saturated carbocycles. The van der Waals surface area contributed by atoms with E-state index in [9.17, 15) is 4.79 Å². The van der Waals surface area contributed by atoms with E-state index in [1.807, 2.05) is 44.2 Å². The fourth-order valence-corrected chi connectivity index (χ4v) is 2.17. The van der Waals surface area contributed by atoms with Crippen molar-refractivity contribution in [2.45, 2.75) is 27.3 Å². The van der Waals surface area contributed by atoms with E-state index in [0.29, 0.717) is 12.1 Å². The Labute approximate surface area is 126 Å². The molecule has 0 radical (unpaired) electrons. The van der Waals surface area contributed by atoms with E-state index in [-0.39, 0.29) is 5.91 Å². The number of carbonyl (C=O) groups excluding carboxylic acids is 1. The molecule has 3 nitrogen and oxygen atoms in total. The smallest absolute Gasteiger partial charge is 0.253 e. The maximum atomic E-state index is 12.4. The molecular formula is C18H22N2O. The zero-order valence-corrected chi connectivity index (χ0v) is 12.9. The van der Waals surface area contributed by atoms with Crippen molar-refractivity contribution in [3.63, 3.8) is 0 Å². The molecule has 1 amide bonds. The van der Waals surface area contributed by atoms with E-state index in [4.69, 9.17) is 0 Å². The highest BCUT2D eigenvalue weighted by molar-refractivity contribution is 5.99. The van der Waals surface area contributed by atoms with E-state index in [2.05, 4.69) is 29.7 Å². The number of nitrogens with one attached hydrogen (secondary N) is 2. The van der Waals surface area contributed by atoms with E-state index in [0.717, 1.165) is 23.4 Å². The Bertz CT molecular complexity index is 618. The maximum Gasteiger partial charge on any atom is 0.253 e. The largest absolute Gasteiger partial charge is 0.385 e. The van der Waals surface area contributed by atoms with Crippen LogP contribution in [0.1, 0.15) is 34.0 Å². The van der Waals surface area contributed by atoms with Crippen LogP contribution in [0.4, 0.5) is 5.69 Å². The van der Waals surface area contributed by atoms with Gasteiger partial charge in [-0.1, -0.05) is 41.5 Å². The first kappa shape index (κ1) is 15.1. The van der Waals surface area contributed by atoms with Crippen molar-refractivity contribution in [1.82, 2.24) is 5.32 Å². The zero-order valence-electron chi connectivity index (χ0n) is 12.9. The number of anilines is 1. The van der Waals surface area contributed by atoms with Crippen molar-refractivity contribution in [3.05, 3.63) is 64.7 Å². The van der Waals surface area contributed by atoms with Gasteiger partial charge in [-0.15, -0.1) is 0 Å². The molecular weight excluding hydrogens is 260 g/mol. The fraction of sp³-hybridized carbons (Fsp3) is 0.278. The Morgan fingerprint density at radius 1 is 1.00 bits per heavy atom. The van der Waals surface area contributed by atoms with Crippen LogP contribution in [0, 0.1) is 13.8 Å². The lowest BCUT2D eigenvalue weighted by Crippen LogP contribution is -2.24. The quantitative estimate of drug-likeness (QED) is 0.878. The van der Waals surface area contributed by atoms with Crippen molar-refractivity contribution in [2.24, 2.45) is 0 Å². The van der Waals surface area contributed by atoms with Crippen LogP contribution in [0.15, 0.2) is 42.5 Å². The van der Waals surface area contributed by atoms with Crippen molar-refractivity contribution in [3.8, 4) is 0 Å². The van der Waals surface area contributed by atoms with E-state index in [1.165, 1.54) is 5.56 Å². The van der Waals surface area contributed by atoms with Gasteiger partial charge in [0.15, 0.2) is 0 Å². The van der Waals surface area contributed by atoms with Crippen LogP contribution in [0.5, 0.6) is 0 Å². The van der Waals surface area contributed by atoms with E-state index < -0.39 is 0 Å². The summed E-state index contributed by atoms with van der Waals surface area (Å²) in [4.78, 5) is 12.4.